The van der Waals surface area contributed by atoms with E-state index in [2.05, 4.69) is 5.32 Å². The van der Waals surface area contributed by atoms with Gasteiger partial charge in [0, 0.05) is 18.7 Å². The van der Waals surface area contributed by atoms with Crippen molar-refractivity contribution in [2.75, 3.05) is 31.3 Å². The molecule has 0 amide bonds. The Kier molecular flexibility index (Phi) is 4.85. The Hall–Kier alpha value is -1.49. The van der Waals surface area contributed by atoms with Crippen LogP contribution in [0.5, 0.6) is 5.75 Å². The van der Waals surface area contributed by atoms with Crippen LogP contribution in [0.15, 0.2) is 12.1 Å². The zero-order chi connectivity index (χ0) is 13.7. The molecule has 1 fully saturated rings. The average molecular weight is 268 g/mol. The molecule has 1 saturated carbocycles. The predicted molar refractivity (Wildman–Crippen MR) is 74.1 cm³/mol. The summed E-state index contributed by atoms with van der Waals surface area (Å²) in [5, 5.41) is 3.14. The van der Waals surface area contributed by atoms with Crippen molar-refractivity contribution >= 4 is 11.4 Å². The highest BCUT2D eigenvalue weighted by Crippen LogP contribution is 2.27. The van der Waals surface area contributed by atoms with Crippen LogP contribution in [0.3, 0.4) is 0 Å². The van der Waals surface area contributed by atoms with E-state index >= 15 is 0 Å². The van der Waals surface area contributed by atoms with E-state index in [1.807, 2.05) is 0 Å². The molecule has 19 heavy (non-hydrogen) atoms. The molecule has 0 unspecified atom stereocenters. The van der Waals surface area contributed by atoms with Gasteiger partial charge in [-0.2, -0.15) is 0 Å². The molecule has 0 radical (unpaired) electrons. The number of methoxy groups -OCH3 is 1. The van der Waals surface area contributed by atoms with Crippen molar-refractivity contribution in [1.82, 2.24) is 0 Å². The van der Waals surface area contributed by atoms with Crippen LogP contribution in [0.1, 0.15) is 25.7 Å². The van der Waals surface area contributed by atoms with Crippen LogP contribution in [0, 0.1) is 5.82 Å². The lowest BCUT2D eigenvalue weighted by Crippen LogP contribution is -2.16. The van der Waals surface area contributed by atoms with E-state index in [0.29, 0.717) is 30.6 Å². The number of nitrogens with one attached hydrogen (secondary N) is 1. The van der Waals surface area contributed by atoms with Crippen molar-refractivity contribution in [1.29, 1.82) is 0 Å². The molecular weight excluding hydrogens is 247 g/mol. The highest BCUT2D eigenvalue weighted by atomic mass is 19.1. The van der Waals surface area contributed by atoms with E-state index in [1.165, 1.54) is 26.0 Å². The molecule has 4 nitrogen and oxygen atoms in total. The topological polar surface area (TPSA) is 56.5 Å². The summed E-state index contributed by atoms with van der Waals surface area (Å²) in [5.74, 6) is -0.263. The van der Waals surface area contributed by atoms with E-state index in [0.717, 1.165) is 12.8 Å². The lowest BCUT2D eigenvalue weighted by Gasteiger charge is -2.14. The monoisotopic (exact) mass is 268 g/mol. The van der Waals surface area contributed by atoms with Gasteiger partial charge < -0.3 is 20.5 Å². The van der Waals surface area contributed by atoms with Gasteiger partial charge in [-0.25, -0.2) is 4.39 Å². The van der Waals surface area contributed by atoms with Crippen LogP contribution in [-0.4, -0.2) is 26.4 Å². The summed E-state index contributed by atoms with van der Waals surface area (Å²) in [6.45, 7) is 1.28. The van der Waals surface area contributed by atoms with Gasteiger partial charge in [-0.3, -0.25) is 0 Å². The van der Waals surface area contributed by atoms with Crippen molar-refractivity contribution in [3.63, 3.8) is 0 Å². The first-order valence-corrected chi connectivity index (χ1v) is 6.69. The molecule has 1 aliphatic carbocycles. The van der Waals surface area contributed by atoms with Gasteiger partial charge in [0.05, 0.1) is 31.2 Å². The number of rotatable bonds is 6. The number of ether oxygens (including phenoxy) is 2. The number of hydrogen-bond donors (Lipinski definition) is 2. The molecule has 106 valence electrons. The Balaban J connectivity index is 1.81. The van der Waals surface area contributed by atoms with Crippen LogP contribution in [0.25, 0.3) is 0 Å². The Morgan fingerprint density at radius 3 is 2.79 bits per heavy atom. The fourth-order valence-electron chi connectivity index (χ4n) is 2.34. The molecule has 0 aliphatic heterocycles. The third kappa shape index (κ3) is 3.73. The maximum Gasteiger partial charge on any atom is 0.167 e. The molecule has 5 heteroatoms. The smallest absolute Gasteiger partial charge is 0.167 e. The lowest BCUT2D eigenvalue weighted by molar-refractivity contribution is 0.0659. The van der Waals surface area contributed by atoms with Crippen molar-refractivity contribution in [2.24, 2.45) is 0 Å². The van der Waals surface area contributed by atoms with Gasteiger partial charge in [0.1, 0.15) is 0 Å². The first kappa shape index (κ1) is 13.9. The van der Waals surface area contributed by atoms with Gasteiger partial charge in [-0.1, -0.05) is 12.8 Å². The lowest BCUT2D eigenvalue weighted by atomic mass is 10.2. The van der Waals surface area contributed by atoms with E-state index < -0.39 is 5.82 Å². The fourth-order valence-corrected chi connectivity index (χ4v) is 2.34. The minimum Gasteiger partial charge on any atom is -0.494 e. The molecule has 0 atom stereocenters. The second-order valence-electron chi connectivity index (χ2n) is 4.78. The van der Waals surface area contributed by atoms with Crippen molar-refractivity contribution in [2.45, 2.75) is 31.8 Å². The highest BCUT2D eigenvalue weighted by molar-refractivity contribution is 5.68. The maximum absolute atomic E-state index is 13.4. The van der Waals surface area contributed by atoms with E-state index in [-0.39, 0.29) is 5.75 Å². The van der Waals surface area contributed by atoms with Gasteiger partial charge in [0.15, 0.2) is 11.6 Å². The van der Waals surface area contributed by atoms with Crippen LogP contribution in [0.2, 0.25) is 0 Å². The summed E-state index contributed by atoms with van der Waals surface area (Å²) in [6, 6.07) is 2.83. The second kappa shape index (κ2) is 6.61. The molecule has 2 rings (SSSR count). The van der Waals surface area contributed by atoms with Crippen LogP contribution >= 0.6 is 0 Å². The number of benzene rings is 1. The van der Waals surface area contributed by atoms with Crippen molar-refractivity contribution < 1.29 is 13.9 Å². The standard InChI is InChI=1S/C14H21FN2O2/c1-18-14-9-13(12(16)8-11(14)15)17-6-7-19-10-4-2-3-5-10/h8-10,17H,2-7,16H2,1H3. The van der Waals surface area contributed by atoms with Gasteiger partial charge in [-0.05, 0) is 12.8 Å². The third-order valence-corrected chi connectivity index (χ3v) is 3.40. The first-order valence-electron chi connectivity index (χ1n) is 6.69. The number of nitrogens with two attached hydrogens (primary N) is 1. The summed E-state index contributed by atoms with van der Waals surface area (Å²) < 4.78 is 24.0. The van der Waals surface area contributed by atoms with Gasteiger partial charge >= 0.3 is 0 Å². The van der Waals surface area contributed by atoms with Crippen LogP contribution in [-0.2, 0) is 4.74 Å². The summed E-state index contributed by atoms with van der Waals surface area (Å²) in [7, 11) is 1.43. The molecule has 0 aromatic heterocycles. The Morgan fingerprint density at radius 1 is 1.37 bits per heavy atom. The van der Waals surface area contributed by atoms with Crippen molar-refractivity contribution in [3.05, 3.63) is 17.9 Å². The SMILES string of the molecule is COc1cc(NCCOC2CCCC2)c(N)cc1F. The number of hydrogen-bond acceptors (Lipinski definition) is 4. The predicted octanol–water partition coefficient (Wildman–Crippen LogP) is 2.79. The Labute approximate surface area is 113 Å². The molecule has 1 aromatic carbocycles. The molecule has 3 N–H and O–H groups in total. The van der Waals surface area contributed by atoms with E-state index in [4.69, 9.17) is 15.2 Å². The number of nitrogen functional groups attached to an aromatic ring is 1. The normalized spacial score (nSPS) is 15.7. The van der Waals surface area contributed by atoms with E-state index in [1.54, 1.807) is 6.07 Å². The van der Waals surface area contributed by atoms with Crippen LogP contribution in [0.4, 0.5) is 15.8 Å². The minimum absolute atomic E-state index is 0.188. The quantitative estimate of drug-likeness (QED) is 0.615. The average Bonchev–Trinajstić information content (AvgIpc) is 2.90. The van der Waals surface area contributed by atoms with Gasteiger partial charge in [0.25, 0.3) is 0 Å². The Bertz CT molecular complexity index is 420. The number of anilines is 2. The first-order chi connectivity index (χ1) is 9.20. The summed E-state index contributed by atoms with van der Waals surface area (Å²) in [5.41, 5.74) is 6.80. The van der Waals surface area contributed by atoms with Crippen molar-refractivity contribution in [3.8, 4) is 5.75 Å². The molecule has 0 bridgehead atoms. The van der Waals surface area contributed by atoms with E-state index in [9.17, 15) is 4.39 Å². The zero-order valence-electron chi connectivity index (χ0n) is 11.2. The third-order valence-electron chi connectivity index (χ3n) is 3.40. The summed E-state index contributed by atoms with van der Waals surface area (Å²) in [6.07, 6.45) is 5.25. The maximum atomic E-state index is 13.4. The molecule has 0 saturated heterocycles. The molecule has 0 heterocycles. The van der Waals surface area contributed by atoms with Gasteiger partial charge in [0.2, 0.25) is 0 Å². The summed E-state index contributed by atoms with van der Waals surface area (Å²) >= 11 is 0. The Morgan fingerprint density at radius 2 is 2.11 bits per heavy atom. The largest absolute Gasteiger partial charge is 0.494 e. The zero-order valence-corrected chi connectivity index (χ0v) is 11.2. The molecule has 0 spiro atoms. The molecule has 1 aliphatic rings. The second-order valence-corrected chi connectivity index (χ2v) is 4.78. The highest BCUT2D eigenvalue weighted by Gasteiger charge is 2.14. The number of halogens is 1. The van der Waals surface area contributed by atoms with Gasteiger partial charge in [-0.15, -0.1) is 0 Å². The minimum atomic E-state index is -0.451. The summed E-state index contributed by atoms with van der Waals surface area (Å²) in [4.78, 5) is 0. The fraction of sp³-hybridized carbons (Fsp3) is 0.571. The molecule has 1 aromatic rings. The molecular formula is C14H21FN2O2. The van der Waals surface area contributed by atoms with Crippen LogP contribution < -0.4 is 15.8 Å².